The number of carbonyl (C=O) groups is 1. The lowest BCUT2D eigenvalue weighted by Crippen LogP contribution is -2.31. The Morgan fingerprint density at radius 2 is 1.81 bits per heavy atom. The molecule has 1 heterocycles. The van der Waals surface area contributed by atoms with Gasteiger partial charge in [0.25, 0.3) is 10.1 Å². The highest BCUT2D eigenvalue weighted by Gasteiger charge is 2.32. The molecule has 2 aromatic rings. The zero-order valence-corrected chi connectivity index (χ0v) is 15.3. The number of amides is 1. The number of nitrogens with zero attached hydrogens (tertiary/aromatic N) is 1. The van der Waals surface area contributed by atoms with Crippen LogP contribution in [0.15, 0.2) is 59.5 Å². The molecule has 0 unspecified atom stereocenters. The van der Waals surface area contributed by atoms with Gasteiger partial charge in [0.15, 0.2) is 0 Å². The van der Waals surface area contributed by atoms with Crippen LogP contribution in [0.3, 0.4) is 0 Å². The molecule has 0 N–H and O–H groups in total. The predicted molar refractivity (Wildman–Crippen MR) is 96.1 cm³/mol. The second kappa shape index (κ2) is 7.88. The minimum Gasteiger partial charge on any atom is -0.445 e. The van der Waals surface area contributed by atoms with Crippen LogP contribution in [0.4, 0.5) is 4.79 Å². The van der Waals surface area contributed by atoms with Gasteiger partial charge in [0, 0.05) is 6.54 Å². The lowest BCUT2D eigenvalue weighted by molar-refractivity contribution is 0.0994. The molecule has 0 aliphatic carbocycles. The van der Waals surface area contributed by atoms with Crippen molar-refractivity contribution in [3.05, 3.63) is 65.7 Å². The van der Waals surface area contributed by atoms with E-state index in [4.69, 9.17) is 8.92 Å². The number of rotatable bonds is 5. The quantitative estimate of drug-likeness (QED) is 0.751. The first kappa shape index (κ1) is 18.4. The third-order valence-corrected chi connectivity index (χ3v) is 5.76. The third kappa shape index (κ3) is 4.42. The number of aryl methyl sites for hydroxylation is 1. The first-order valence-corrected chi connectivity index (χ1v) is 9.81. The average molecular weight is 375 g/mol. The maximum absolute atomic E-state index is 12.4. The van der Waals surface area contributed by atoms with Gasteiger partial charge in [-0.2, -0.15) is 8.42 Å². The highest BCUT2D eigenvalue weighted by Crippen LogP contribution is 2.22. The molecule has 2 aromatic carbocycles. The topological polar surface area (TPSA) is 72.9 Å². The highest BCUT2D eigenvalue weighted by atomic mass is 32.2. The first-order valence-electron chi connectivity index (χ1n) is 8.40. The molecule has 6 nitrogen and oxygen atoms in total. The Labute approximate surface area is 153 Å². The normalized spacial score (nSPS) is 17.3. The summed E-state index contributed by atoms with van der Waals surface area (Å²) >= 11 is 0. The Balaban J connectivity index is 1.55. The van der Waals surface area contributed by atoms with Crippen molar-refractivity contribution in [2.24, 2.45) is 0 Å². The molecule has 3 rings (SSSR count). The van der Waals surface area contributed by atoms with Crippen molar-refractivity contribution in [3.63, 3.8) is 0 Å². The van der Waals surface area contributed by atoms with Crippen molar-refractivity contribution in [2.45, 2.75) is 31.0 Å². The van der Waals surface area contributed by atoms with Gasteiger partial charge < -0.3 is 9.64 Å². The van der Waals surface area contributed by atoms with Gasteiger partial charge >= 0.3 is 6.09 Å². The van der Waals surface area contributed by atoms with E-state index in [2.05, 4.69) is 0 Å². The second-order valence-electron chi connectivity index (χ2n) is 6.21. The van der Waals surface area contributed by atoms with Crippen molar-refractivity contribution in [2.75, 3.05) is 13.1 Å². The van der Waals surface area contributed by atoms with Gasteiger partial charge in [-0.25, -0.2) is 4.79 Å². The van der Waals surface area contributed by atoms with E-state index in [0.29, 0.717) is 18.5 Å². The van der Waals surface area contributed by atoms with Crippen molar-refractivity contribution >= 4 is 16.2 Å². The monoisotopic (exact) mass is 375 g/mol. The van der Waals surface area contributed by atoms with Gasteiger partial charge in [0.2, 0.25) is 0 Å². The number of hydrogen-bond acceptors (Lipinski definition) is 5. The Hall–Kier alpha value is -2.38. The van der Waals surface area contributed by atoms with E-state index in [1.807, 2.05) is 30.3 Å². The van der Waals surface area contributed by atoms with Crippen molar-refractivity contribution in [1.82, 2.24) is 4.90 Å². The number of ether oxygens (including phenoxy) is 1. The van der Waals surface area contributed by atoms with Gasteiger partial charge in [-0.3, -0.25) is 4.18 Å². The summed E-state index contributed by atoms with van der Waals surface area (Å²) in [5, 5.41) is 0. The summed E-state index contributed by atoms with van der Waals surface area (Å²) < 4.78 is 35.5. The third-order valence-electron chi connectivity index (χ3n) is 4.23. The summed E-state index contributed by atoms with van der Waals surface area (Å²) in [4.78, 5) is 13.8. The van der Waals surface area contributed by atoms with Crippen LogP contribution in [0.2, 0.25) is 0 Å². The smallest absolute Gasteiger partial charge is 0.410 e. The molecule has 1 saturated heterocycles. The van der Waals surface area contributed by atoms with Crippen LogP contribution in [-0.2, 0) is 25.6 Å². The fourth-order valence-corrected chi connectivity index (χ4v) is 4.18. The number of carbonyl (C=O) groups excluding carboxylic acids is 1. The molecule has 1 amide bonds. The largest absolute Gasteiger partial charge is 0.445 e. The fourth-order valence-electron chi connectivity index (χ4n) is 2.85. The van der Waals surface area contributed by atoms with Gasteiger partial charge in [-0.1, -0.05) is 48.5 Å². The lowest BCUT2D eigenvalue weighted by atomic mass is 10.2. The van der Waals surface area contributed by atoms with Crippen LogP contribution in [0.25, 0.3) is 0 Å². The fraction of sp³-hybridized carbons (Fsp3) is 0.316. The summed E-state index contributed by atoms with van der Waals surface area (Å²) in [7, 11) is -3.86. The standard InChI is InChI=1S/C19H21NO5S/c1-15-7-5-6-10-18(15)26(22,23)25-17-11-12-20(13-17)19(21)24-14-16-8-3-2-4-9-16/h2-10,17H,11-14H2,1H3/t17-/m0/s1. The van der Waals surface area contributed by atoms with E-state index in [-0.39, 0.29) is 18.0 Å². The summed E-state index contributed by atoms with van der Waals surface area (Å²) in [6.07, 6.45) is -0.580. The SMILES string of the molecule is Cc1ccccc1S(=O)(=O)O[C@H]1CCN(C(=O)OCc2ccccc2)C1. The molecule has 0 bridgehead atoms. The minimum absolute atomic E-state index is 0.158. The van der Waals surface area contributed by atoms with Gasteiger partial charge in [-0.05, 0) is 30.5 Å². The zero-order valence-electron chi connectivity index (χ0n) is 14.5. The predicted octanol–water partition coefficient (Wildman–Crippen LogP) is 3.11. The van der Waals surface area contributed by atoms with Gasteiger partial charge in [-0.15, -0.1) is 0 Å². The molecule has 1 fully saturated rings. The summed E-state index contributed by atoms with van der Waals surface area (Å²) in [5.74, 6) is 0. The molecule has 0 saturated carbocycles. The Bertz CT molecular complexity index is 867. The summed E-state index contributed by atoms with van der Waals surface area (Å²) in [6.45, 7) is 2.50. The molecule has 1 aliphatic heterocycles. The second-order valence-corrected chi connectivity index (χ2v) is 7.75. The van der Waals surface area contributed by atoms with E-state index < -0.39 is 22.3 Å². The number of likely N-dealkylation sites (tertiary alicyclic amines) is 1. The molecule has 0 spiro atoms. The minimum atomic E-state index is -3.86. The van der Waals surface area contributed by atoms with E-state index in [9.17, 15) is 13.2 Å². The molecular weight excluding hydrogens is 354 g/mol. The van der Waals surface area contributed by atoms with E-state index in [1.165, 1.54) is 11.0 Å². The van der Waals surface area contributed by atoms with E-state index in [0.717, 1.165) is 5.56 Å². The summed E-state index contributed by atoms with van der Waals surface area (Å²) in [5.41, 5.74) is 1.53. The van der Waals surface area contributed by atoms with Crippen LogP contribution >= 0.6 is 0 Å². The van der Waals surface area contributed by atoms with Crippen LogP contribution in [-0.4, -0.2) is 38.6 Å². The lowest BCUT2D eigenvalue weighted by Gasteiger charge is -2.17. The first-order chi connectivity index (χ1) is 12.5. The van der Waals surface area contributed by atoms with Crippen LogP contribution in [0, 0.1) is 6.92 Å². The maximum atomic E-state index is 12.4. The molecule has 7 heteroatoms. The molecule has 1 aliphatic rings. The van der Waals surface area contributed by atoms with Crippen LogP contribution in [0.5, 0.6) is 0 Å². The molecule has 138 valence electrons. The van der Waals surface area contributed by atoms with Gasteiger partial charge in [0.05, 0.1) is 17.5 Å². The highest BCUT2D eigenvalue weighted by molar-refractivity contribution is 7.86. The zero-order chi connectivity index (χ0) is 18.6. The van der Waals surface area contributed by atoms with Crippen LogP contribution in [0.1, 0.15) is 17.5 Å². The summed E-state index contributed by atoms with van der Waals surface area (Å²) in [6, 6.07) is 16.1. The Kier molecular flexibility index (Phi) is 5.58. The molecular formula is C19H21NO5S. The van der Waals surface area contributed by atoms with E-state index in [1.54, 1.807) is 25.1 Å². The van der Waals surface area contributed by atoms with Crippen molar-refractivity contribution < 1.29 is 22.1 Å². The average Bonchev–Trinajstić information content (AvgIpc) is 3.08. The number of hydrogen-bond donors (Lipinski definition) is 0. The molecule has 0 aromatic heterocycles. The molecule has 1 atom stereocenters. The number of benzene rings is 2. The molecule has 26 heavy (non-hydrogen) atoms. The van der Waals surface area contributed by atoms with Gasteiger partial charge in [0.1, 0.15) is 6.61 Å². The molecule has 0 radical (unpaired) electrons. The Morgan fingerprint density at radius 3 is 2.54 bits per heavy atom. The maximum Gasteiger partial charge on any atom is 0.410 e. The Morgan fingerprint density at radius 1 is 1.12 bits per heavy atom. The van der Waals surface area contributed by atoms with Crippen LogP contribution < -0.4 is 0 Å². The van der Waals surface area contributed by atoms with Crippen molar-refractivity contribution in [1.29, 1.82) is 0 Å². The van der Waals surface area contributed by atoms with Crippen molar-refractivity contribution in [3.8, 4) is 0 Å². The van der Waals surface area contributed by atoms with E-state index >= 15 is 0 Å².